The summed E-state index contributed by atoms with van der Waals surface area (Å²) in [5.41, 5.74) is 6.38. The van der Waals surface area contributed by atoms with Crippen LogP contribution < -0.4 is 11.1 Å². The molecule has 0 bridgehead atoms. The van der Waals surface area contributed by atoms with Crippen LogP contribution in [0.4, 0.5) is 11.5 Å². The van der Waals surface area contributed by atoms with Crippen LogP contribution in [0.1, 0.15) is 10.4 Å². The van der Waals surface area contributed by atoms with Crippen LogP contribution >= 0.6 is 0 Å². The third-order valence-electron chi connectivity index (χ3n) is 1.98. The number of primary amides is 1. The number of nitrogens with one attached hydrogen (secondary N) is 1. The van der Waals surface area contributed by atoms with Gasteiger partial charge < -0.3 is 11.1 Å². The molecule has 80 valence electrons. The van der Waals surface area contributed by atoms with E-state index in [0.29, 0.717) is 11.4 Å². The number of carbonyl (C=O) groups is 1. The molecule has 1 amide bonds. The Kier molecular flexibility index (Phi) is 2.77. The number of hydrogen-bond donors (Lipinski definition) is 2. The molecule has 0 fully saturated rings. The van der Waals surface area contributed by atoms with Crippen LogP contribution in [0.2, 0.25) is 0 Å². The number of benzene rings is 1. The van der Waals surface area contributed by atoms with Crippen molar-refractivity contribution >= 4 is 17.4 Å². The van der Waals surface area contributed by atoms with Gasteiger partial charge in [-0.1, -0.05) is 6.07 Å². The number of anilines is 2. The van der Waals surface area contributed by atoms with Crippen molar-refractivity contribution in [1.82, 2.24) is 9.97 Å². The minimum Gasteiger partial charge on any atom is -0.366 e. The molecule has 5 nitrogen and oxygen atoms in total. The molecular weight excluding hydrogens is 204 g/mol. The van der Waals surface area contributed by atoms with Gasteiger partial charge in [-0.2, -0.15) is 0 Å². The topological polar surface area (TPSA) is 80.9 Å². The van der Waals surface area contributed by atoms with Crippen molar-refractivity contribution in [3.8, 4) is 0 Å². The molecule has 2 rings (SSSR count). The third-order valence-corrected chi connectivity index (χ3v) is 1.98. The predicted molar refractivity (Wildman–Crippen MR) is 60.3 cm³/mol. The number of aromatic nitrogens is 2. The largest absolute Gasteiger partial charge is 0.366 e. The summed E-state index contributed by atoms with van der Waals surface area (Å²) in [4.78, 5) is 19.0. The number of nitrogens with two attached hydrogens (primary N) is 1. The molecule has 1 aromatic carbocycles. The van der Waals surface area contributed by atoms with Crippen LogP contribution in [0.15, 0.2) is 42.9 Å². The molecular formula is C11H10N4O. The second-order valence-electron chi connectivity index (χ2n) is 3.16. The number of nitrogens with zero attached hydrogens (tertiary/aromatic N) is 2. The SMILES string of the molecule is NC(=O)c1cccc(Nc2cnccn2)c1. The Balaban J connectivity index is 2.22. The second kappa shape index (κ2) is 4.39. The van der Waals surface area contributed by atoms with Gasteiger partial charge in [0.2, 0.25) is 5.91 Å². The fourth-order valence-electron chi connectivity index (χ4n) is 1.26. The molecule has 0 unspecified atom stereocenters. The lowest BCUT2D eigenvalue weighted by Crippen LogP contribution is -2.10. The van der Waals surface area contributed by atoms with Crippen LogP contribution in [0.3, 0.4) is 0 Å². The zero-order chi connectivity index (χ0) is 11.4. The Morgan fingerprint density at radius 1 is 1.31 bits per heavy atom. The Hall–Kier alpha value is -2.43. The Morgan fingerprint density at radius 3 is 2.88 bits per heavy atom. The molecule has 0 radical (unpaired) electrons. The van der Waals surface area contributed by atoms with Crippen LogP contribution in [-0.2, 0) is 0 Å². The molecule has 3 N–H and O–H groups in total. The summed E-state index contributed by atoms with van der Waals surface area (Å²) in [6.07, 6.45) is 4.77. The van der Waals surface area contributed by atoms with Gasteiger partial charge >= 0.3 is 0 Å². The van der Waals surface area contributed by atoms with Gasteiger partial charge in [-0.05, 0) is 18.2 Å². The highest BCUT2D eigenvalue weighted by atomic mass is 16.1. The van der Waals surface area contributed by atoms with E-state index in [1.807, 2.05) is 6.07 Å². The van der Waals surface area contributed by atoms with Gasteiger partial charge in [0.25, 0.3) is 0 Å². The van der Waals surface area contributed by atoms with Gasteiger partial charge in [-0.15, -0.1) is 0 Å². The van der Waals surface area contributed by atoms with E-state index in [1.165, 1.54) is 0 Å². The van der Waals surface area contributed by atoms with Gasteiger partial charge in [-0.3, -0.25) is 9.78 Å². The summed E-state index contributed by atoms with van der Waals surface area (Å²) < 4.78 is 0. The molecule has 1 aromatic heterocycles. The lowest BCUT2D eigenvalue weighted by Gasteiger charge is -2.05. The van der Waals surface area contributed by atoms with Crippen molar-refractivity contribution in [3.63, 3.8) is 0 Å². The first-order valence-electron chi connectivity index (χ1n) is 4.68. The molecule has 2 aromatic rings. The first kappa shape index (κ1) is 10.1. The molecule has 5 heteroatoms. The van der Waals surface area contributed by atoms with Crippen LogP contribution in [0.5, 0.6) is 0 Å². The van der Waals surface area contributed by atoms with Gasteiger partial charge in [0, 0.05) is 23.6 Å². The summed E-state index contributed by atoms with van der Waals surface area (Å²) >= 11 is 0. The van der Waals surface area contributed by atoms with E-state index < -0.39 is 5.91 Å². The fraction of sp³-hybridized carbons (Fsp3) is 0. The van der Waals surface area contributed by atoms with Crippen molar-refractivity contribution in [2.45, 2.75) is 0 Å². The molecule has 0 saturated heterocycles. The fourth-order valence-corrected chi connectivity index (χ4v) is 1.26. The van der Waals surface area contributed by atoms with Crippen LogP contribution in [0.25, 0.3) is 0 Å². The highest BCUT2D eigenvalue weighted by Crippen LogP contribution is 2.14. The van der Waals surface area contributed by atoms with Crippen LogP contribution in [-0.4, -0.2) is 15.9 Å². The van der Waals surface area contributed by atoms with E-state index in [9.17, 15) is 4.79 Å². The number of carbonyl (C=O) groups excluding carboxylic acids is 1. The van der Waals surface area contributed by atoms with E-state index in [4.69, 9.17) is 5.73 Å². The molecule has 0 aliphatic carbocycles. The minimum atomic E-state index is -0.456. The maximum absolute atomic E-state index is 11.0. The van der Waals surface area contributed by atoms with Gasteiger partial charge in [-0.25, -0.2) is 4.98 Å². The van der Waals surface area contributed by atoms with Gasteiger partial charge in [0.15, 0.2) is 0 Å². The van der Waals surface area contributed by atoms with Gasteiger partial charge in [0.1, 0.15) is 5.82 Å². The van der Waals surface area contributed by atoms with Crippen LogP contribution in [0, 0.1) is 0 Å². The molecule has 0 aliphatic rings. The number of amides is 1. The Morgan fingerprint density at radius 2 is 2.19 bits per heavy atom. The monoisotopic (exact) mass is 214 g/mol. The number of rotatable bonds is 3. The minimum absolute atomic E-state index is 0.453. The van der Waals surface area contributed by atoms with Crippen molar-refractivity contribution < 1.29 is 4.79 Å². The van der Waals surface area contributed by atoms with E-state index in [-0.39, 0.29) is 0 Å². The van der Waals surface area contributed by atoms with E-state index in [1.54, 1.807) is 36.8 Å². The third kappa shape index (κ3) is 2.33. The molecule has 0 saturated carbocycles. The average Bonchev–Trinajstić information content (AvgIpc) is 2.30. The van der Waals surface area contributed by atoms with Crippen molar-refractivity contribution in [2.75, 3.05) is 5.32 Å². The zero-order valence-corrected chi connectivity index (χ0v) is 8.42. The highest BCUT2D eigenvalue weighted by Gasteiger charge is 2.01. The van der Waals surface area contributed by atoms with Crippen molar-refractivity contribution in [2.24, 2.45) is 5.73 Å². The molecule has 0 spiro atoms. The maximum atomic E-state index is 11.0. The standard InChI is InChI=1S/C11H10N4O/c12-11(16)8-2-1-3-9(6-8)15-10-7-13-4-5-14-10/h1-7H,(H2,12,16)(H,14,15). The maximum Gasteiger partial charge on any atom is 0.248 e. The molecule has 1 heterocycles. The predicted octanol–water partition coefficient (Wildman–Crippen LogP) is 1.32. The molecule has 0 atom stereocenters. The zero-order valence-electron chi connectivity index (χ0n) is 8.42. The lowest BCUT2D eigenvalue weighted by molar-refractivity contribution is 0.100. The Bertz CT molecular complexity index is 498. The van der Waals surface area contributed by atoms with E-state index in [0.717, 1.165) is 5.69 Å². The van der Waals surface area contributed by atoms with E-state index >= 15 is 0 Å². The molecule has 16 heavy (non-hydrogen) atoms. The van der Waals surface area contributed by atoms with E-state index in [2.05, 4.69) is 15.3 Å². The second-order valence-corrected chi connectivity index (χ2v) is 3.16. The summed E-state index contributed by atoms with van der Waals surface area (Å²) in [6, 6.07) is 6.89. The lowest BCUT2D eigenvalue weighted by atomic mass is 10.2. The highest BCUT2D eigenvalue weighted by molar-refractivity contribution is 5.93. The van der Waals surface area contributed by atoms with Gasteiger partial charge in [0.05, 0.1) is 6.20 Å². The molecule has 0 aliphatic heterocycles. The number of hydrogen-bond acceptors (Lipinski definition) is 4. The smallest absolute Gasteiger partial charge is 0.248 e. The summed E-state index contributed by atoms with van der Waals surface area (Å²) in [5.74, 6) is 0.159. The van der Waals surface area contributed by atoms with Crippen molar-refractivity contribution in [1.29, 1.82) is 0 Å². The van der Waals surface area contributed by atoms with Crippen molar-refractivity contribution in [3.05, 3.63) is 48.4 Å². The normalized spacial score (nSPS) is 9.75. The first-order valence-corrected chi connectivity index (χ1v) is 4.68. The average molecular weight is 214 g/mol. The Labute approximate surface area is 92.3 Å². The summed E-state index contributed by atoms with van der Waals surface area (Å²) in [6.45, 7) is 0. The quantitative estimate of drug-likeness (QED) is 0.807. The first-order chi connectivity index (χ1) is 7.75. The summed E-state index contributed by atoms with van der Waals surface area (Å²) in [5, 5.41) is 3.02. The summed E-state index contributed by atoms with van der Waals surface area (Å²) in [7, 11) is 0.